The number of fused-ring (bicyclic) bond motifs is 5. The van der Waals surface area contributed by atoms with Crippen LogP contribution in [0.1, 0.15) is 101 Å². The van der Waals surface area contributed by atoms with Crippen LogP contribution in [0.5, 0.6) is 0 Å². The molecule has 0 heterocycles. The van der Waals surface area contributed by atoms with Crippen LogP contribution >= 0.6 is 0 Å². The Morgan fingerprint density at radius 1 is 0.657 bits per heavy atom. The summed E-state index contributed by atoms with van der Waals surface area (Å²) in [5.41, 5.74) is 5.63. The number of hydrogen-bond acceptors (Lipinski definition) is 4. The molecule has 2 aliphatic carbocycles. The molecule has 180 valence electrons. The average Bonchev–Trinajstić information content (AvgIpc) is 3.41. The molecular formula is C31H32O4. The quantitative estimate of drug-likeness (QED) is 0.367. The molecule has 35 heavy (non-hydrogen) atoms. The van der Waals surface area contributed by atoms with Gasteiger partial charge in [-0.25, -0.2) is 9.59 Å². The van der Waals surface area contributed by atoms with Crippen LogP contribution in [-0.4, -0.2) is 24.1 Å². The van der Waals surface area contributed by atoms with Crippen LogP contribution < -0.4 is 0 Å². The summed E-state index contributed by atoms with van der Waals surface area (Å²) in [6.07, 6.45) is -0.211. The van der Waals surface area contributed by atoms with Gasteiger partial charge < -0.3 is 9.47 Å². The van der Waals surface area contributed by atoms with E-state index in [1.165, 1.54) is 11.1 Å². The fraction of sp³-hybridized carbons (Fsp3) is 0.355. The van der Waals surface area contributed by atoms with Crippen LogP contribution in [0.3, 0.4) is 0 Å². The molecule has 0 saturated heterocycles. The molecule has 4 unspecified atom stereocenters. The van der Waals surface area contributed by atoms with E-state index >= 15 is 0 Å². The SMILES string of the molecule is CC(C)c1cccc(C(=O)OC2C3CC(c4ccccc43)C2OC(=O)c2cccc(C(C)C)c2)c1. The summed E-state index contributed by atoms with van der Waals surface area (Å²) in [5.74, 6) is -0.0721. The first kappa shape index (κ1) is 23.3. The highest BCUT2D eigenvalue weighted by Gasteiger charge is 2.55. The van der Waals surface area contributed by atoms with Crippen molar-refractivity contribution >= 4 is 11.9 Å². The van der Waals surface area contributed by atoms with Crippen molar-refractivity contribution in [2.24, 2.45) is 0 Å². The molecule has 0 amide bonds. The Hall–Kier alpha value is -3.40. The van der Waals surface area contributed by atoms with Crippen LogP contribution in [-0.2, 0) is 9.47 Å². The van der Waals surface area contributed by atoms with E-state index < -0.39 is 12.2 Å². The predicted octanol–water partition coefficient (Wildman–Crippen LogP) is 6.97. The Bertz CT molecular complexity index is 1160. The second-order valence-corrected chi connectivity index (χ2v) is 10.4. The number of rotatable bonds is 6. The molecule has 2 bridgehead atoms. The lowest BCUT2D eigenvalue weighted by molar-refractivity contribution is -0.0348. The fourth-order valence-corrected chi connectivity index (χ4v) is 5.53. The molecule has 4 nitrogen and oxygen atoms in total. The van der Waals surface area contributed by atoms with Crippen LogP contribution in [0.2, 0.25) is 0 Å². The van der Waals surface area contributed by atoms with Crippen LogP contribution in [0.15, 0.2) is 72.8 Å². The maximum atomic E-state index is 13.2. The van der Waals surface area contributed by atoms with Gasteiger partial charge in [0.05, 0.1) is 11.1 Å². The summed E-state index contributed by atoms with van der Waals surface area (Å²) in [7, 11) is 0. The lowest BCUT2D eigenvalue weighted by Gasteiger charge is -2.32. The molecule has 5 rings (SSSR count). The number of carbonyl (C=O) groups excluding carboxylic acids is 2. The van der Waals surface area contributed by atoms with Gasteiger partial charge in [-0.2, -0.15) is 0 Å². The second-order valence-electron chi connectivity index (χ2n) is 10.4. The third-order valence-electron chi connectivity index (χ3n) is 7.48. The minimum atomic E-state index is -0.512. The topological polar surface area (TPSA) is 52.6 Å². The molecule has 4 heteroatoms. The zero-order valence-corrected chi connectivity index (χ0v) is 20.7. The first-order chi connectivity index (χ1) is 16.8. The van der Waals surface area contributed by atoms with E-state index in [0.29, 0.717) is 23.0 Å². The van der Waals surface area contributed by atoms with E-state index in [1.54, 1.807) is 12.1 Å². The summed E-state index contributed by atoms with van der Waals surface area (Å²) < 4.78 is 12.2. The zero-order chi connectivity index (χ0) is 24.7. The average molecular weight is 469 g/mol. The summed E-state index contributed by atoms with van der Waals surface area (Å²) >= 11 is 0. The smallest absolute Gasteiger partial charge is 0.338 e. The van der Waals surface area contributed by atoms with Gasteiger partial charge in [0, 0.05) is 11.8 Å². The molecule has 3 aromatic carbocycles. The third kappa shape index (κ3) is 4.38. The maximum Gasteiger partial charge on any atom is 0.338 e. The van der Waals surface area contributed by atoms with Crippen LogP contribution in [0.4, 0.5) is 0 Å². The Morgan fingerprint density at radius 3 is 1.49 bits per heavy atom. The van der Waals surface area contributed by atoms with E-state index in [9.17, 15) is 9.59 Å². The van der Waals surface area contributed by atoms with Gasteiger partial charge in [0.15, 0.2) is 0 Å². The lowest BCUT2D eigenvalue weighted by Crippen LogP contribution is -2.39. The van der Waals surface area contributed by atoms with Crippen LogP contribution in [0, 0.1) is 0 Å². The second kappa shape index (κ2) is 9.33. The summed E-state index contributed by atoms with van der Waals surface area (Å²) in [5, 5.41) is 0. The summed E-state index contributed by atoms with van der Waals surface area (Å²) in [6, 6.07) is 23.4. The van der Waals surface area contributed by atoms with Crippen molar-refractivity contribution in [2.75, 3.05) is 0 Å². The number of benzene rings is 3. The standard InChI is InChI=1S/C31H32O4/c1-18(2)20-9-7-11-22(15-20)30(32)34-28-26-17-27(25-14-6-5-13-24(25)26)29(28)35-31(33)23-12-8-10-21(16-23)19(3)4/h5-16,18-19,26-29H,17H2,1-4H3. The van der Waals surface area contributed by atoms with Crippen molar-refractivity contribution in [3.63, 3.8) is 0 Å². The van der Waals surface area contributed by atoms with Crippen molar-refractivity contribution in [3.8, 4) is 0 Å². The molecule has 1 fully saturated rings. The van der Waals surface area contributed by atoms with Crippen molar-refractivity contribution in [1.29, 1.82) is 0 Å². The van der Waals surface area contributed by atoms with Crippen molar-refractivity contribution in [2.45, 2.75) is 70.0 Å². The minimum absolute atomic E-state index is 0.0215. The molecule has 0 aliphatic heterocycles. The van der Waals surface area contributed by atoms with E-state index in [-0.39, 0.29) is 23.8 Å². The Morgan fingerprint density at radius 2 is 1.09 bits per heavy atom. The highest BCUT2D eigenvalue weighted by molar-refractivity contribution is 5.91. The molecule has 0 radical (unpaired) electrons. The Balaban J connectivity index is 1.42. The molecular weight excluding hydrogens is 436 g/mol. The van der Waals surface area contributed by atoms with E-state index in [1.807, 2.05) is 48.5 Å². The summed E-state index contributed by atoms with van der Waals surface area (Å²) in [4.78, 5) is 26.4. The molecule has 0 spiro atoms. The van der Waals surface area contributed by atoms with Gasteiger partial charge in [-0.05, 0) is 64.8 Å². The Labute approximate surface area is 207 Å². The van der Waals surface area contributed by atoms with Crippen LogP contribution in [0.25, 0.3) is 0 Å². The molecule has 4 atom stereocenters. The normalized spacial score (nSPS) is 22.3. The monoisotopic (exact) mass is 468 g/mol. The number of esters is 2. The number of carbonyl (C=O) groups is 2. The Kier molecular flexibility index (Phi) is 6.22. The van der Waals surface area contributed by atoms with E-state index in [0.717, 1.165) is 17.5 Å². The fourth-order valence-electron chi connectivity index (χ4n) is 5.53. The van der Waals surface area contributed by atoms with Gasteiger partial charge in [0.2, 0.25) is 0 Å². The van der Waals surface area contributed by atoms with Gasteiger partial charge in [-0.3, -0.25) is 0 Å². The zero-order valence-electron chi connectivity index (χ0n) is 20.7. The van der Waals surface area contributed by atoms with Gasteiger partial charge in [-0.1, -0.05) is 76.2 Å². The molecule has 2 aliphatic rings. The first-order valence-electron chi connectivity index (χ1n) is 12.5. The predicted molar refractivity (Wildman–Crippen MR) is 136 cm³/mol. The molecule has 0 aromatic heterocycles. The van der Waals surface area contributed by atoms with Crippen molar-refractivity contribution in [3.05, 3.63) is 106 Å². The van der Waals surface area contributed by atoms with Crippen molar-refractivity contribution in [1.82, 2.24) is 0 Å². The first-order valence-corrected chi connectivity index (χ1v) is 12.5. The lowest BCUT2D eigenvalue weighted by atomic mass is 9.87. The number of hydrogen-bond donors (Lipinski definition) is 0. The molecule has 1 saturated carbocycles. The third-order valence-corrected chi connectivity index (χ3v) is 7.48. The van der Waals surface area contributed by atoms with E-state index in [2.05, 4.69) is 39.8 Å². The van der Waals surface area contributed by atoms with Gasteiger partial charge >= 0.3 is 11.9 Å². The summed E-state index contributed by atoms with van der Waals surface area (Å²) in [6.45, 7) is 8.39. The van der Waals surface area contributed by atoms with E-state index in [4.69, 9.17) is 9.47 Å². The van der Waals surface area contributed by atoms with Gasteiger partial charge in [-0.15, -0.1) is 0 Å². The van der Waals surface area contributed by atoms with Crippen molar-refractivity contribution < 1.29 is 19.1 Å². The highest BCUT2D eigenvalue weighted by Crippen LogP contribution is 2.55. The number of ether oxygens (including phenoxy) is 2. The minimum Gasteiger partial charge on any atom is -0.454 e. The molecule has 3 aromatic rings. The molecule has 0 N–H and O–H groups in total. The van der Waals surface area contributed by atoms with Gasteiger partial charge in [0.1, 0.15) is 12.2 Å². The maximum absolute atomic E-state index is 13.2. The van der Waals surface area contributed by atoms with Gasteiger partial charge in [0.25, 0.3) is 0 Å². The largest absolute Gasteiger partial charge is 0.454 e. The highest BCUT2D eigenvalue weighted by atomic mass is 16.6.